The molecule has 0 rings (SSSR count). The van der Waals surface area contributed by atoms with Crippen LogP contribution in [0, 0.1) is 0 Å². The van der Waals surface area contributed by atoms with Gasteiger partial charge in [-0.25, -0.2) is 0 Å². The Kier molecular flexibility index (Phi) is 62.6. The fourth-order valence-electron chi connectivity index (χ4n) is 10.0. The van der Waals surface area contributed by atoms with Crippen molar-refractivity contribution in [1.29, 1.82) is 0 Å². The minimum absolute atomic E-state index is 0.0727. The lowest BCUT2D eigenvalue weighted by Gasteiger charge is -2.18. The van der Waals surface area contributed by atoms with Crippen LogP contribution in [0.25, 0.3) is 0 Å². The Labute approximate surface area is 473 Å². The summed E-state index contributed by atoms with van der Waals surface area (Å²) in [6, 6.07) is 0. The fraction of sp³-hybridized carbons (Fsp3) is 0.843. The molecule has 0 fully saturated rings. The molecular formula is C70H128O6. The monoisotopic (exact) mass is 1060 g/mol. The van der Waals surface area contributed by atoms with Gasteiger partial charge in [0.05, 0.1) is 0 Å². The normalized spacial score (nSPS) is 12.3. The van der Waals surface area contributed by atoms with Crippen molar-refractivity contribution >= 4 is 17.9 Å². The second kappa shape index (κ2) is 64.9. The summed E-state index contributed by atoms with van der Waals surface area (Å²) in [6.07, 6.45) is 81.5. The summed E-state index contributed by atoms with van der Waals surface area (Å²) < 4.78 is 16.9. The van der Waals surface area contributed by atoms with Gasteiger partial charge in [-0.2, -0.15) is 0 Å². The molecule has 1 atom stereocenters. The predicted molar refractivity (Wildman–Crippen MR) is 330 cm³/mol. The van der Waals surface area contributed by atoms with E-state index in [2.05, 4.69) is 69.4 Å². The first-order valence-corrected chi connectivity index (χ1v) is 33.6. The summed E-state index contributed by atoms with van der Waals surface area (Å²) in [5.41, 5.74) is 0. The average molecular weight is 1070 g/mol. The minimum Gasteiger partial charge on any atom is -0.462 e. The fourth-order valence-corrected chi connectivity index (χ4v) is 10.0. The lowest BCUT2D eigenvalue weighted by molar-refractivity contribution is -0.167. The van der Waals surface area contributed by atoms with Gasteiger partial charge in [0.1, 0.15) is 13.2 Å². The van der Waals surface area contributed by atoms with E-state index in [9.17, 15) is 14.4 Å². The van der Waals surface area contributed by atoms with Crippen molar-refractivity contribution in [3.8, 4) is 0 Å². The van der Waals surface area contributed by atoms with Crippen molar-refractivity contribution < 1.29 is 28.6 Å². The molecule has 444 valence electrons. The quantitative estimate of drug-likeness (QED) is 0.0261. The molecule has 0 aromatic rings. The molecule has 0 aliphatic heterocycles. The van der Waals surface area contributed by atoms with Gasteiger partial charge >= 0.3 is 17.9 Å². The van der Waals surface area contributed by atoms with E-state index in [1.165, 1.54) is 238 Å². The molecule has 0 amide bonds. The topological polar surface area (TPSA) is 78.9 Å². The van der Waals surface area contributed by atoms with Crippen LogP contribution < -0.4 is 0 Å². The predicted octanol–water partition coefficient (Wildman–Crippen LogP) is 22.9. The van der Waals surface area contributed by atoms with E-state index >= 15 is 0 Å². The second-order valence-corrected chi connectivity index (χ2v) is 22.7. The minimum atomic E-state index is -0.775. The first-order valence-electron chi connectivity index (χ1n) is 33.6. The first kappa shape index (κ1) is 73.4. The lowest BCUT2D eigenvalue weighted by atomic mass is 10.0. The maximum Gasteiger partial charge on any atom is 0.306 e. The van der Waals surface area contributed by atoms with Crippen molar-refractivity contribution in [1.82, 2.24) is 0 Å². The van der Waals surface area contributed by atoms with E-state index in [0.29, 0.717) is 19.3 Å². The molecule has 76 heavy (non-hydrogen) atoms. The third-order valence-electron chi connectivity index (χ3n) is 15.1. The van der Waals surface area contributed by atoms with E-state index in [4.69, 9.17) is 14.2 Å². The second-order valence-electron chi connectivity index (χ2n) is 22.7. The number of ether oxygens (including phenoxy) is 3. The van der Waals surface area contributed by atoms with Gasteiger partial charge in [0, 0.05) is 19.3 Å². The molecule has 0 saturated carbocycles. The van der Waals surface area contributed by atoms with Gasteiger partial charge in [0.2, 0.25) is 0 Å². The average Bonchev–Trinajstić information content (AvgIpc) is 3.42. The van der Waals surface area contributed by atoms with E-state index in [-0.39, 0.29) is 31.1 Å². The summed E-state index contributed by atoms with van der Waals surface area (Å²) in [4.78, 5) is 38.2. The Hall–Kier alpha value is -2.63. The lowest BCUT2D eigenvalue weighted by Crippen LogP contribution is -2.30. The molecule has 0 bridgehead atoms. The van der Waals surface area contributed by atoms with Crippen LogP contribution in [0.4, 0.5) is 0 Å². The van der Waals surface area contributed by atoms with E-state index in [1.54, 1.807) is 0 Å². The zero-order chi connectivity index (χ0) is 55.0. The molecule has 0 aromatic heterocycles. The Morgan fingerprint density at radius 2 is 0.513 bits per heavy atom. The van der Waals surface area contributed by atoms with Crippen molar-refractivity contribution in [3.05, 3.63) is 48.6 Å². The van der Waals surface area contributed by atoms with Crippen molar-refractivity contribution in [2.45, 2.75) is 367 Å². The van der Waals surface area contributed by atoms with Gasteiger partial charge in [-0.05, 0) is 77.0 Å². The molecule has 0 spiro atoms. The van der Waals surface area contributed by atoms with E-state index in [0.717, 1.165) is 83.5 Å². The van der Waals surface area contributed by atoms with Crippen LogP contribution in [0.3, 0.4) is 0 Å². The molecule has 0 aromatic carbocycles. The van der Waals surface area contributed by atoms with Gasteiger partial charge in [-0.3, -0.25) is 14.4 Å². The summed E-state index contributed by atoms with van der Waals surface area (Å²) >= 11 is 0. The molecule has 0 aliphatic carbocycles. The highest BCUT2D eigenvalue weighted by Crippen LogP contribution is 2.18. The van der Waals surface area contributed by atoms with Gasteiger partial charge in [-0.1, -0.05) is 313 Å². The highest BCUT2D eigenvalue weighted by molar-refractivity contribution is 5.71. The Morgan fingerprint density at radius 3 is 0.816 bits per heavy atom. The molecule has 6 heteroatoms. The molecule has 0 N–H and O–H groups in total. The number of carbonyl (C=O) groups excluding carboxylic acids is 3. The van der Waals surface area contributed by atoms with Crippen molar-refractivity contribution in [3.63, 3.8) is 0 Å². The number of unbranched alkanes of at least 4 members (excludes halogenated alkanes) is 43. The molecule has 0 heterocycles. The summed E-state index contributed by atoms with van der Waals surface area (Å²) in [7, 11) is 0. The number of hydrogen-bond acceptors (Lipinski definition) is 6. The van der Waals surface area contributed by atoms with Gasteiger partial charge in [0.15, 0.2) is 6.10 Å². The number of hydrogen-bond donors (Lipinski definition) is 0. The molecule has 0 radical (unpaired) electrons. The van der Waals surface area contributed by atoms with E-state index in [1.807, 2.05) is 0 Å². The van der Waals surface area contributed by atoms with Crippen molar-refractivity contribution in [2.75, 3.05) is 13.2 Å². The largest absolute Gasteiger partial charge is 0.462 e. The van der Waals surface area contributed by atoms with Crippen LogP contribution in [-0.2, 0) is 28.6 Å². The third kappa shape index (κ3) is 62.2. The number of carbonyl (C=O) groups is 3. The first-order chi connectivity index (χ1) is 37.5. The summed E-state index contributed by atoms with van der Waals surface area (Å²) in [6.45, 7) is 6.56. The van der Waals surface area contributed by atoms with Crippen LogP contribution in [0.2, 0.25) is 0 Å². The van der Waals surface area contributed by atoms with Crippen LogP contribution in [0.1, 0.15) is 361 Å². The summed E-state index contributed by atoms with van der Waals surface area (Å²) in [5, 5.41) is 0. The number of allylic oxidation sites excluding steroid dienone is 8. The van der Waals surface area contributed by atoms with Crippen LogP contribution in [-0.4, -0.2) is 37.2 Å². The van der Waals surface area contributed by atoms with Gasteiger partial charge < -0.3 is 14.2 Å². The zero-order valence-electron chi connectivity index (χ0n) is 51.0. The van der Waals surface area contributed by atoms with Crippen LogP contribution >= 0.6 is 0 Å². The summed E-state index contributed by atoms with van der Waals surface area (Å²) in [5.74, 6) is -0.864. The molecule has 6 nitrogen and oxygen atoms in total. The Balaban J connectivity index is 4.09. The Morgan fingerprint density at radius 1 is 0.276 bits per heavy atom. The molecule has 0 aliphatic rings. The molecule has 0 saturated heterocycles. The van der Waals surface area contributed by atoms with Gasteiger partial charge in [-0.15, -0.1) is 0 Å². The number of esters is 3. The highest BCUT2D eigenvalue weighted by atomic mass is 16.6. The zero-order valence-corrected chi connectivity index (χ0v) is 51.0. The molecule has 1 unspecified atom stereocenters. The maximum absolute atomic E-state index is 12.9. The standard InChI is InChI=1S/C70H128O6/c1-4-7-10-13-16-19-22-24-26-28-29-30-31-32-33-34-35-36-37-38-39-40-41-43-44-46-48-51-54-57-60-63-69(72)75-66-67(65-74-68(71)62-59-56-53-50-21-18-15-12-9-6-3)76-70(73)64-61-58-55-52-49-47-45-42-27-25-23-20-17-14-11-8-5-2/h8,11,17,20,25,27-29,67H,4-7,9-10,12-16,18-19,21-24,26,30-66H2,1-3H3/b11-8-,20-17-,27-25-,29-28-. The SMILES string of the molecule is CC/C=C\C/C=C\C/C=C\CCCCCCCCCC(=O)OC(COC(=O)CCCCCCCCCCCC)COC(=O)CCCCCCCCCCCCCCCCCCCCC/C=C\CCCCCCCCCC. The van der Waals surface area contributed by atoms with Crippen LogP contribution in [0.15, 0.2) is 48.6 Å². The smallest absolute Gasteiger partial charge is 0.306 e. The van der Waals surface area contributed by atoms with Gasteiger partial charge in [0.25, 0.3) is 0 Å². The highest BCUT2D eigenvalue weighted by Gasteiger charge is 2.19. The third-order valence-corrected chi connectivity index (χ3v) is 15.1. The number of rotatable bonds is 62. The van der Waals surface area contributed by atoms with Crippen molar-refractivity contribution in [2.24, 2.45) is 0 Å². The van der Waals surface area contributed by atoms with E-state index < -0.39 is 6.10 Å². The Bertz CT molecular complexity index is 1310. The maximum atomic E-state index is 12.9. The molecular weight excluding hydrogens is 937 g/mol. The van der Waals surface area contributed by atoms with Crippen LogP contribution in [0.5, 0.6) is 0 Å².